The van der Waals surface area contributed by atoms with E-state index in [1.807, 2.05) is 13.8 Å². The van der Waals surface area contributed by atoms with Crippen LogP contribution in [0.2, 0.25) is 0 Å². The molecule has 0 amide bonds. The Hall–Kier alpha value is -0.260. The van der Waals surface area contributed by atoms with E-state index in [1.165, 1.54) is 38.5 Å². The molecular weight excluding hydrogens is 168 g/mol. The van der Waals surface area contributed by atoms with Gasteiger partial charge in [0.25, 0.3) is 0 Å². The fourth-order valence-corrected chi connectivity index (χ4v) is 1.22. The summed E-state index contributed by atoms with van der Waals surface area (Å²) in [4.78, 5) is 0. The molecule has 0 aromatic heterocycles. The van der Waals surface area contributed by atoms with Gasteiger partial charge in [-0.15, -0.1) is 0 Å². The average Bonchev–Trinajstić information content (AvgIpc) is 2.19. The fourth-order valence-electron chi connectivity index (χ4n) is 1.22. The van der Waals surface area contributed by atoms with Crippen molar-refractivity contribution in [2.45, 2.75) is 73.1 Å². The van der Waals surface area contributed by atoms with E-state index in [0.29, 0.717) is 0 Å². The normalized spacial score (nSPS) is 10.4. The van der Waals surface area contributed by atoms with Crippen LogP contribution in [0.5, 0.6) is 0 Å². The van der Waals surface area contributed by atoms with Crippen molar-refractivity contribution in [2.75, 3.05) is 0 Å². The van der Waals surface area contributed by atoms with Crippen molar-refractivity contribution in [3.05, 3.63) is 12.2 Å². The molecule has 0 saturated heterocycles. The van der Waals surface area contributed by atoms with Gasteiger partial charge in [0.2, 0.25) is 0 Å². The topological polar surface area (TPSA) is 0 Å². The van der Waals surface area contributed by atoms with E-state index in [-0.39, 0.29) is 0 Å². The van der Waals surface area contributed by atoms with Crippen LogP contribution >= 0.6 is 0 Å². The van der Waals surface area contributed by atoms with E-state index in [0.717, 1.165) is 5.92 Å². The lowest BCUT2D eigenvalue weighted by molar-refractivity contribution is 0.540. The summed E-state index contributed by atoms with van der Waals surface area (Å²) < 4.78 is 0. The second kappa shape index (κ2) is 15.2. The molecule has 0 aromatic carbocycles. The highest BCUT2D eigenvalue weighted by Crippen LogP contribution is 2.08. The van der Waals surface area contributed by atoms with Crippen molar-refractivity contribution < 1.29 is 0 Å². The summed E-state index contributed by atoms with van der Waals surface area (Å²) in [5, 5.41) is 0. The molecule has 0 saturated carbocycles. The maximum atomic E-state index is 2.34. The van der Waals surface area contributed by atoms with Crippen LogP contribution in [0.15, 0.2) is 12.2 Å². The number of rotatable bonds is 7. The van der Waals surface area contributed by atoms with E-state index in [4.69, 9.17) is 0 Å². The summed E-state index contributed by atoms with van der Waals surface area (Å²) in [6.07, 6.45) is 12.6. The molecular formula is C14H30. The Morgan fingerprint density at radius 3 is 2.00 bits per heavy atom. The number of unbranched alkanes of at least 4 members (excludes halogenated alkanes) is 3. The minimum atomic E-state index is 0.879. The third kappa shape index (κ3) is 17.7. The van der Waals surface area contributed by atoms with Crippen LogP contribution < -0.4 is 0 Å². The van der Waals surface area contributed by atoms with E-state index in [1.54, 1.807) is 0 Å². The highest BCUT2D eigenvalue weighted by Gasteiger charge is 1.91. The average molecular weight is 198 g/mol. The van der Waals surface area contributed by atoms with Gasteiger partial charge in [0.05, 0.1) is 0 Å². The largest absolute Gasteiger partial charge is 0.0885 e. The summed E-state index contributed by atoms with van der Waals surface area (Å²) in [6, 6.07) is 0. The molecule has 0 N–H and O–H groups in total. The molecule has 0 unspecified atom stereocenters. The van der Waals surface area contributed by atoms with Crippen molar-refractivity contribution in [1.29, 1.82) is 0 Å². The van der Waals surface area contributed by atoms with Crippen LogP contribution in [-0.2, 0) is 0 Å². The molecule has 0 fully saturated rings. The lowest BCUT2D eigenvalue weighted by atomic mass is 10.1. The van der Waals surface area contributed by atoms with Crippen molar-refractivity contribution in [2.24, 2.45) is 5.92 Å². The summed E-state index contributed by atoms with van der Waals surface area (Å²) in [6.45, 7) is 10.8. The van der Waals surface area contributed by atoms with Gasteiger partial charge < -0.3 is 0 Å². The first kappa shape index (κ1) is 16.2. The lowest BCUT2D eigenvalue weighted by Crippen LogP contribution is -1.85. The Kier molecular flexibility index (Phi) is 17.6. The third-order valence-electron chi connectivity index (χ3n) is 2.02. The molecule has 0 heterocycles. The zero-order valence-corrected chi connectivity index (χ0v) is 11.0. The number of hydrogen-bond donors (Lipinski definition) is 0. The van der Waals surface area contributed by atoms with Crippen LogP contribution in [0.3, 0.4) is 0 Å². The quantitative estimate of drug-likeness (QED) is 0.370. The molecule has 0 aliphatic rings. The van der Waals surface area contributed by atoms with Crippen LogP contribution in [0.4, 0.5) is 0 Å². The van der Waals surface area contributed by atoms with Crippen LogP contribution in [0, 0.1) is 5.92 Å². The van der Waals surface area contributed by atoms with Crippen molar-refractivity contribution in [3.8, 4) is 0 Å². The zero-order valence-electron chi connectivity index (χ0n) is 11.0. The van der Waals surface area contributed by atoms with E-state index in [2.05, 4.69) is 32.9 Å². The molecule has 86 valence electrons. The van der Waals surface area contributed by atoms with Crippen LogP contribution in [0.25, 0.3) is 0 Å². The first-order chi connectivity index (χ1) is 6.77. The lowest BCUT2D eigenvalue weighted by Gasteiger charge is -2.01. The summed E-state index contributed by atoms with van der Waals surface area (Å²) in [5.74, 6) is 0.879. The molecule has 0 heteroatoms. The molecule has 0 rings (SSSR count). The fraction of sp³-hybridized carbons (Fsp3) is 0.857. The Bertz CT molecular complexity index is 101. The number of hydrogen-bond acceptors (Lipinski definition) is 0. The summed E-state index contributed by atoms with van der Waals surface area (Å²) >= 11 is 0. The van der Waals surface area contributed by atoms with Gasteiger partial charge in [-0.2, -0.15) is 0 Å². The molecule has 14 heavy (non-hydrogen) atoms. The highest BCUT2D eigenvalue weighted by molar-refractivity contribution is 4.80. The van der Waals surface area contributed by atoms with Gasteiger partial charge in [-0.25, -0.2) is 0 Å². The van der Waals surface area contributed by atoms with Crippen molar-refractivity contribution in [1.82, 2.24) is 0 Å². The van der Waals surface area contributed by atoms with Gasteiger partial charge in [0, 0.05) is 0 Å². The monoisotopic (exact) mass is 198 g/mol. The maximum absolute atomic E-state index is 2.34. The Balaban J connectivity index is 0. The molecule has 0 spiro atoms. The summed E-state index contributed by atoms with van der Waals surface area (Å²) in [5.41, 5.74) is 0. The Labute approximate surface area is 91.8 Å². The Morgan fingerprint density at radius 1 is 0.929 bits per heavy atom. The van der Waals surface area contributed by atoms with Crippen LogP contribution in [-0.4, -0.2) is 0 Å². The minimum absolute atomic E-state index is 0.879. The molecule has 0 bridgehead atoms. The van der Waals surface area contributed by atoms with Crippen molar-refractivity contribution >= 4 is 0 Å². The van der Waals surface area contributed by atoms with E-state index >= 15 is 0 Å². The first-order valence-corrected chi connectivity index (χ1v) is 6.42. The van der Waals surface area contributed by atoms with Gasteiger partial charge in [0.1, 0.15) is 0 Å². The highest BCUT2D eigenvalue weighted by atomic mass is 14.0. The molecule has 0 aliphatic heterocycles. The Morgan fingerprint density at radius 2 is 1.50 bits per heavy atom. The minimum Gasteiger partial charge on any atom is -0.0885 e. The first-order valence-electron chi connectivity index (χ1n) is 6.42. The smallest absolute Gasteiger partial charge is 0.0351 e. The van der Waals surface area contributed by atoms with Gasteiger partial charge in [-0.05, 0) is 25.2 Å². The van der Waals surface area contributed by atoms with Gasteiger partial charge in [0.15, 0.2) is 0 Å². The summed E-state index contributed by atoms with van der Waals surface area (Å²) in [7, 11) is 0. The van der Waals surface area contributed by atoms with Crippen molar-refractivity contribution in [3.63, 3.8) is 0 Å². The second-order valence-electron chi connectivity index (χ2n) is 3.94. The SMILES string of the molecule is CC.CCC/C=C\CCCCC(C)C. The number of allylic oxidation sites excluding steroid dienone is 2. The molecule has 0 radical (unpaired) electrons. The molecule has 0 aliphatic carbocycles. The predicted molar refractivity (Wildman–Crippen MR) is 68.7 cm³/mol. The van der Waals surface area contributed by atoms with Gasteiger partial charge in [-0.1, -0.05) is 66.0 Å². The molecule has 0 nitrogen and oxygen atoms in total. The zero-order chi connectivity index (χ0) is 11.2. The van der Waals surface area contributed by atoms with E-state index < -0.39 is 0 Å². The maximum Gasteiger partial charge on any atom is -0.0351 e. The van der Waals surface area contributed by atoms with Crippen LogP contribution in [0.1, 0.15) is 73.1 Å². The standard InChI is InChI=1S/C12H24.C2H6/c1-4-5-6-7-8-9-10-11-12(2)3;1-2/h6-7,12H,4-5,8-11H2,1-3H3;1-2H3/b7-6-;. The van der Waals surface area contributed by atoms with E-state index in [9.17, 15) is 0 Å². The second-order valence-corrected chi connectivity index (χ2v) is 3.94. The predicted octanol–water partition coefficient (Wildman–Crippen LogP) is 5.59. The molecule has 0 atom stereocenters. The third-order valence-corrected chi connectivity index (χ3v) is 2.02. The van der Waals surface area contributed by atoms with Gasteiger partial charge in [-0.3, -0.25) is 0 Å². The molecule has 0 aromatic rings. The van der Waals surface area contributed by atoms with Gasteiger partial charge >= 0.3 is 0 Å².